The molecule has 0 fully saturated rings. The molecule has 1 aliphatic rings. The number of nitrogens with zero attached hydrogens (tertiary/aromatic N) is 1. The minimum atomic E-state index is -0.179. The predicted octanol–water partition coefficient (Wildman–Crippen LogP) is 17.7. The maximum Gasteiger partial charge on any atom is 0.143 e. The average Bonchev–Trinajstić information content (AvgIpc) is 3.86. The number of hydrogen-bond donors (Lipinski definition) is 0. The standard InChI is InChI=1S/C63H45NO/c1-63(2)58-36-33-48(39-57(58)61-56(44-21-10-5-11-22-44)40-49(41-59(61)63)43-19-8-4-9-20-43)47-24-15-26-52(38-47)64(51-25-14-23-46(37-51)42-17-6-3-7-18-42)50-34-31-45(32-35-50)53-28-16-29-55-54-27-12-13-30-60(54)65-62(53)55/h3-41H,1-2H3. The molecule has 0 radical (unpaired) electrons. The average molecular weight is 832 g/mol. The van der Waals surface area contributed by atoms with Crippen molar-refractivity contribution in [2.24, 2.45) is 0 Å². The van der Waals surface area contributed by atoms with E-state index < -0.39 is 0 Å². The molecule has 0 unspecified atom stereocenters. The van der Waals surface area contributed by atoms with Crippen LogP contribution in [0.15, 0.2) is 241 Å². The number of hydrogen-bond acceptors (Lipinski definition) is 2. The van der Waals surface area contributed by atoms with E-state index in [4.69, 9.17) is 4.42 Å². The largest absolute Gasteiger partial charge is 0.455 e. The summed E-state index contributed by atoms with van der Waals surface area (Å²) in [6, 6.07) is 85.8. The lowest BCUT2D eigenvalue weighted by Crippen LogP contribution is -2.15. The van der Waals surface area contributed by atoms with Gasteiger partial charge >= 0.3 is 0 Å². The number of anilines is 3. The number of fused-ring (bicyclic) bond motifs is 6. The number of furan rings is 1. The zero-order valence-corrected chi connectivity index (χ0v) is 36.4. The molecular formula is C63H45NO. The van der Waals surface area contributed by atoms with Crippen molar-refractivity contribution in [3.05, 3.63) is 248 Å². The number of benzene rings is 10. The highest BCUT2D eigenvalue weighted by Gasteiger charge is 2.38. The fourth-order valence-electron chi connectivity index (χ4n) is 10.2. The summed E-state index contributed by atoms with van der Waals surface area (Å²) in [7, 11) is 0. The van der Waals surface area contributed by atoms with Gasteiger partial charge in [0.15, 0.2) is 0 Å². The third-order valence-corrected chi connectivity index (χ3v) is 13.5. The van der Waals surface area contributed by atoms with E-state index in [0.29, 0.717) is 0 Å². The lowest BCUT2D eigenvalue weighted by Gasteiger charge is -2.27. The minimum Gasteiger partial charge on any atom is -0.455 e. The maximum atomic E-state index is 6.47. The van der Waals surface area contributed by atoms with Crippen molar-refractivity contribution in [3.63, 3.8) is 0 Å². The lowest BCUT2D eigenvalue weighted by molar-refractivity contribution is 0.661. The van der Waals surface area contributed by atoms with Crippen LogP contribution in [0.1, 0.15) is 25.0 Å². The summed E-state index contributed by atoms with van der Waals surface area (Å²) in [6.07, 6.45) is 0. The van der Waals surface area contributed by atoms with E-state index in [0.717, 1.165) is 55.7 Å². The molecule has 2 heteroatoms. The van der Waals surface area contributed by atoms with Crippen molar-refractivity contribution in [2.45, 2.75) is 19.3 Å². The van der Waals surface area contributed by atoms with Crippen molar-refractivity contribution in [1.29, 1.82) is 0 Å². The summed E-state index contributed by atoms with van der Waals surface area (Å²) in [5.74, 6) is 0. The van der Waals surface area contributed by atoms with Crippen molar-refractivity contribution >= 4 is 39.0 Å². The van der Waals surface area contributed by atoms with Crippen LogP contribution in [0.2, 0.25) is 0 Å². The molecule has 65 heavy (non-hydrogen) atoms. The van der Waals surface area contributed by atoms with Gasteiger partial charge in [0.25, 0.3) is 0 Å². The van der Waals surface area contributed by atoms with Gasteiger partial charge < -0.3 is 9.32 Å². The first-order valence-electron chi connectivity index (χ1n) is 22.5. The van der Waals surface area contributed by atoms with Crippen LogP contribution in [0, 0.1) is 0 Å². The van der Waals surface area contributed by atoms with Crippen LogP contribution in [0.3, 0.4) is 0 Å². The summed E-state index contributed by atoms with van der Waals surface area (Å²) < 4.78 is 6.47. The van der Waals surface area contributed by atoms with Crippen molar-refractivity contribution in [1.82, 2.24) is 0 Å². The van der Waals surface area contributed by atoms with E-state index in [9.17, 15) is 0 Å². The van der Waals surface area contributed by atoms with Gasteiger partial charge in [-0.15, -0.1) is 0 Å². The van der Waals surface area contributed by atoms with E-state index in [1.54, 1.807) is 0 Å². The summed E-state index contributed by atoms with van der Waals surface area (Å²) in [4.78, 5) is 2.38. The Bertz CT molecular complexity index is 3550. The molecule has 0 atom stereocenters. The first-order valence-corrected chi connectivity index (χ1v) is 22.5. The normalized spacial score (nSPS) is 12.6. The Hall–Kier alpha value is -8.20. The van der Waals surface area contributed by atoms with Crippen LogP contribution in [-0.2, 0) is 5.41 Å². The fourth-order valence-corrected chi connectivity index (χ4v) is 10.2. The molecule has 0 saturated carbocycles. The second kappa shape index (κ2) is 15.6. The Morgan fingerprint density at radius 1 is 0.323 bits per heavy atom. The first-order chi connectivity index (χ1) is 32.0. The van der Waals surface area contributed by atoms with Gasteiger partial charge in [-0.25, -0.2) is 0 Å². The second-order valence-electron chi connectivity index (χ2n) is 17.7. The molecule has 1 aromatic heterocycles. The lowest BCUT2D eigenvalue weighted by atomic mass is 9.80. The summed E-state index contributed by atoms with van der Waals surface area (Å²) in [6.45, 7) is 4.76. The third kappa shape index (κ3) is 6.65. The molecule has 10 aromatic carbocycles. The van der Waals surface area contributed by atoms with Crippen LogP contribution in [0.25, 0.3) is 88.7 Å². The summed E-state index contributed by atoms with van der Waals surface area (Å²) in [5, 5.41) is 2.26. The van der Waals surface area contributed by atoms with Crippen LogP contribution in [0.4, 0.5) is 17.1 Å². The van der Waals surface area contributed by atoms with Crippen molar-refractivity contribution in [3.8, 4) is 66.8 Å². The Labute approximate surface area is 380 Å². The van der Waals surface area contributed by atoms with E-state index in [-0.39, 0.29) is 5.41 Å². The van der Waals surface area contributed by atoms with Crippen molar-refractivity contribution in [2.75, 3.05) is 4.90 Å². The van der Waals surface area contributed by atoms with Gasteiger partial charge in [-0.05, 0) is 133 Å². The molecule has 12 rings (SSSR count). The van der Waals surface area contributed by atoms with Crippen LogP contribution < -0.4 is 4.90 Å². The van der Waals surface area contributed by atoms with Crippen LogP contribution >= 0.6 is 0 Å². The van der Waals surface area contributed by atoms with E-state index in [2.05, 4.69) is 243 Å². The Kier molecular flexibility index (Phi) is 9.21. The molecule has 0 spiro atoms. The van der Waals surface area contributed by atoms with E-state index in [1.807, 2.05) is 12.1 Å². The van der Waals surface area contributed by atoms with Gasteiger partial charge in [-0.3, -0.25) is 0 Å². The van der Waals surface area contributed by atoms with E-state index in [1.165, 1.54) is 61.2 Å². The highest BCUT2D eigenvalue weighted by molar-refractivity contribution is 6.09. The quantitative estimate of drug-likeness (QED) is 0.152. The zero-order valence-electron chi connectivity index (χ0n) is 36.4. The number of rotatable bonds is 8. The Morgan fingerprint density at radius 2 is 0.831 bits per heavy atom. The first kappa shape index (κ1) is 38.5. The van der Waals surface area contributed by atoms with Crippen molar-refractivity contribution < 1.29 is 4.42 Å². The molecule has 1 aliphatic carbocycles. The zero-order chi connectivity index (χ0) is 43.5. The molecule has 308 valence electrons. The van der Waals surface area contributed by atoms with Gasteiger partial charge in [0.05, 0.1) is 0 Å². The molecule has 0 bridgehead atoms. The van der Waals surface area contributed by atoms with Gasteiger partial charge in [-0.1, -0.05) is 190 Å². The number of para-hydroxylation sites is 2. The Morgan fingerprint density at radius 3 is 1.52 bits per heavy atom. The molecule has 0 N–H and O–H groups in total. The molecule has 2 nitrogen and oxygen atoms in total. The topological polar surface area (TPSA) is 16.4 Å². The third-order valence-electron chi connectivity index (χ3n) is 13.5. The van der Waals surface area contributed by atoms with E-state index >= 15 is 0 Å². The van der Waals surface area contributed by atoms with Crippen LogP contribution in [0.5, 0.6) is 0 Å². The summed E-state index contributed by atoms with van der Waals surface area (Å²) in [5.41, 5.74) is 22.1. The Balaban J connectivity index is 0.982. The molecule has 0 amide bonds. The van der Waals surface area contributed by atoms with Gasteiger partial charge in [0.1, 0.15) is 11.2 Å². The molecule has 11 aromatic rings. The molecular weight excluding hydrogens is 787 g/mol. The molecule has 1 heterocycles. The van der Waals surface area contributed by atoms with Gasteiger partial charge in [-0.2, -0.15) is 0 Å². The fraction of sp³-hybridized carbons (Fsp3) is 0.0476. The highest BCUT2D eigenvalue weighted by Crippen LogP contribution is 2.54. The molecule has 0 aliphatic heterocycles. The predicted molar refractivity (Wildman–Crippen MR) is 273 cm³/mol. The second-order valence-corrected chi connectivity index (χ2v) is 17.7. The summed E-state index contributed by atoms with van der Waals surface area (Å²) >= 11 is 0. The van der Waals surface area contributed by atoms with Crippen LogP contribution in [-0.4, -0.2) is 0 Å². The smallest absolute Gasteiger partial charge is 0.143 e. The van der Waals surface area contributed by atoms with Gasteiger partial charge in [0.2, 0.25) is 0 Å². The SMILES string of the molecule is CC1(C)c2ccc(-c3cccc(N(c4ccc(-c5cccc6c5oc5ccccc56)cc4)c4cccc(-c5ccccc5)c4)c3)cc2-c2c(-c3ccccc3)cc(-c3ccccc3)cc21. The maximum absolute atomic E-state index is 6.47. The molecule has 0 saturated heterocycles. The highest BCUT2D eigenvalue weighted by atomic mass is 16.3. The monoisotopic (exact) mass is 831 g/mol. The van der Waals surface area contributed by atoms with Gasteiger partial charge in [0, 0.05) is 38.8 Å². The minimum absolute atomic E-state index is 0.179.